The molecule has 0 bridgehead atoms. The van der Waals surface area contributed by atoms with Gasteiger partial charge in [-0.3, -0.25) is 4.79 Å². The minimum absolute atomic E-state index is 0.180. The highest BCUT2D eigenvalue weighted by molar-refractivity contribution is 8.00. The second-order valence-corrected chi connectivity index (χ2v) is 11.8. The third-order valence-corrected chi connectivity index (χ3v) is 9.51. The van der Waals surface area contributed by atoms with E-state index in [1.165, 1.54) is 58.5 Å². The summed E-state index contributed by atoms with van der Waals surface area (Å²) in [7, 11) is 2.01. The van der Waals surface area contributed by atoms with Gasteiger partial charge in [-0.1, -0.05) is 43.3 Å². The molecule has 1 aliphatic carbocycles. The number of fused-ring (bicyclic) bond motifs is 1. The van der Waals surface area contributed by atoms with Gasteiger partial charge in [0.05, 0.1) is 10.1 Å². The third-order valence-electron chi connectivity index (χ3n) is 7.16. The van der Waals surface area contributed by atoms with Crippen molar-refractivity contribution in [1.82, 2.24) is 19.7 Å². The van der Waals surface area contributed by atoms with Gasteiger partial charge in [-0.05, 0) is 55.9 Å². The smallest absolute Gasteiger partial charge is 0.236 e. The zero-order valence-electron chi connectivity index (χ0n) is 20.2. The van der Waals surface area contributed by atoms with Gasteiger partial charge in [-0.25, -0.2) is 0 Å². The van der Waals surface area contributed by atoms with E-state index in [1.54, 1.807) is 0 Å². The van der Waals surface area contributed by atoms with Crippen LogP contribution in [0.5, 0.6) is 0 Å². The molecule has 34 heavy (non-hydrogen) atoms. The molecule has 3 heterocycles. The first kappa shape index (κ1) is 23.4. The number of piperazine rings is 1. The first-order valence-electron chi connectivity index (χ1n) is 12.3. The lowest BCUT2D eigenvalue weighted by Gasteiger charge is -2.37. The van der Waals surface area contributed by atoms with E-state index in [-0.39, 0.29) is 11.2 Å². The largest absolute Gasteiger partial charge is 0.368 e. The van der Waals surface area contributed by atoms with Crippen molar-refractivity contribution in [3.8, 4) is 10.7 Å². The monoisotopic (exact) mass is 495 g/mol. The van der Waals surface area contributed by atoms with Crippen molar-refractivity contribution in [3.05, 3.63) is 46.8 Å². The van der Waals surface area contributed by atoms with Gasteiger partial charge in [0.25, 0.3) is 0 Å². The predicted molar refractivity (Wildman–Crippen MR) is 141 cm³/mol. The Kier molecular flexibility index (Phi) is 6.97. The summed E-state index contributed by atoms with van der Waals surface area (Å²) in [5.74, 6) is 1.90. The number of hydrogen-bond acceptors (Lipinski definition) is 6. The number of nitrogens with zero attached hydrogens (tertiary/aromatic N) is 5. The standard InChI is InChI=1S/C26H33N5OS2/c1-4-19-10-11-22-20(16-19)17-23(34-22)24-27-28-26(29(24)3)33-18(2)25(32)31-14-12-30(13-15-31)21-8-6-5-7-9-21/h5-9,17-19H,4,10-16H2,1-3H3. The molecule has 0 spiro atoms. The molecule has 0 N–H and O–H groups in total. The quantitative estimate of drug-likeness (QED) is 0.456. The summed E-state index contributed by atoms with van der Waals surface area (Å²) in [6.07, 6.45) is 4.91. The normalized spacial score (nSPS) is 19.2. The van der Waals surface area contributed by atoms with Crippen LogP contribution in [0.4, 0.5) is 5.69 Å². The number of carbonyl (C=O) groups is 1. The molecular formula is C26H33N5OS2. The molecule has 2 aliphatic rings. The van der Waals surface area contributed by atoms with Gasteiger partial charge < -0.3 is 14.4 Å². The molecule has 0 saturated carbocycles. The average molecular weight is 496 g/mol. The number of anilines is 1. The van der Waals surface area contributed by atoms with Gasteiger partial charge in [0.1, 0.15) is 0 Å². The maximum absolute atomic E-state index is 13.2. The molecule has 5 rings (SSSR count). The SMILES string of the molecule is CCC1CCc2sc(-c3nnc(SC(C)C(=O)N4CCN(c5ccccc5)CC4)n3C)cc2C1. The Morgan fingerprint density at radius 2 is 1.94 bits per heavy atom. The summed E-state index contributed by atoms with van der Waals surface area (Å²) >= 11 is 3.37. The van der Waals surface area contributed by atoms with Gasteiger partial charge in [-0.2, -0.15) is 0 Å². The number of aromatic nitrogens is 3. The molecule has 8 heteroatoms. The fraction of sp³-hybridized carbons (Fsp3) is 0.500. The molecule has 3 aromatic rings. The second kappa shape index (κ2) is 10.1. The number of hydrogen-bond donors (Lipinski definition) is 0. The summed E-state index contributed by atoms with van der Waals surface area (Å²) in [4.78, 5) is 20.2. The van der Waals surface area contributed by atoms with Gasteiger partial charge in [0, 0.05) is 43.8 Å². The number of benzene rings is 1. The van der Waals surface area contributed by atoms with Crippen molar-refractivity contribution in [2.75, 3.05) is 31.1 Å². The Morgan fingerprint density at radius 3 is 2.68 bits per heavy atom. The predicted octanol–water partition coefficient (Wildman–Crippen LogP) is 4.89. The highest BCUT2D eigenvalue weighted by Crippen LogP contribution is 2.38. The van der Waals surface area contributed by atoms with Crippen LogP contribution in [0.15, 0.2) is 41.6 Å². The number of carbonyl (C=O) groups excluding carboxylic acids is 1. The van der Waals surface area contributed by atoms with Crippen molar-refractivity contribution in [2.24, 2.45) is 13.0 Å². The lowest BCUT2D eigenvalue weighted by molar-refractivity contribution is -0.130. The van der Waals surface area contributed by atoms with Crippen LogP contribution in [0.2, 0.25) is 0 Å². The van der Waals surface area contributed by atoms with Crippen molar-refractivity contribution in [2.45, 2.75) is 49.9 Å². The molecular weight excluding hydrogens is 462 g/mol. The van der Waals surface area contributed by atoms with E-state index in [9.17, 15) is 4.79 Å². The summed E-state index contributed by atoms with van der Waals surface area (Å²) in [5, 5.41) is 9.57. The van der Waals surface area contributed by atoms with Crippen LogP contribution in [0.25, 0.3) is 10.7 Å². The first-order chi connectivity index (χ1) is 16.5. The van der Waals surface area contributed by atoms with Crippen LogP contribution in [-0.4, -0.2) is 57.0 Å². The minimum Gasteiger partial charge on any atom is -0.368 e. The molecule has 2 unspecified atom stereocenters. The summed E-state index contributed by atoms with van der Waals surface area (Å²) in [6.45, 7) is 7.51. The van der Waals surface area contributed by atoms with E-state index >= 15 is 0 Å². The van der Waals surface area contributed by atoms with Crippen molar-refractivity contribution < 1.29 is 4.79 Å². The van der Waals surface area contributed by atoms with Crippen molar-refractivity contribution in [3.63, 3.8) is 0 Å². The minimum atomic E-state index is -0.194. The van der Waals surface area contributed by atoms with Crippen LogP contribution in [-0.2, 0) is 24.7 Å². The molecule has 1 saturated heterocycles. The Hall–Kier alpha value is -2.32. The lowest BCUT2D eigenvalue weighted by Crippen LogP contribution is -2.50. The number of aryl methyl sites for hydroxylation is 1. The fourth-order valence-corrected chi connectivity index (χ4v) is 7.11. The highest BCUT2D eigenvalue weighted by atomic mass is 32.2. The Balaban J connectivity index is 1.21. The molecule has 1 fully saturated rings. The molecule has 0 radical (unpaired) electrons. The molecule has 180 valence electrons. The van der Waals surface area contributed by atoms with Crippen LogP contribution in [0.3, 0.4) is 0 Å². The van der Waals surface area contributed by atoms with Crippen molar-refractivity contribution in [1.29, 1.82) is 0 Å². The summed E-state index contributed by atoms with van der Waals surface area (Å²) < 4.78 is 2.05. The molecule has 6 nitrogen and oxygen atoms in total. The molecule has 1 aromatic carbocycles. The molecule has 1 aliphatic heterocycles. The zero-order valence-corrected chi connectivity index (χ0v) is 21.9. The number of thiophene rings is 1. The van der Waals surface area contributed by atoms with E-state index in [0.717, 1.165) is 43.1 Å². The van der Waals surface area contributed by atoms with Gasteiger partial charge >= 0.3 is 0 Å². The number of amides is 1. The average Bonchev–Trinajstić information content (AvgIpc) is 3.46. The van der Waals surface area contributed by atoms with Crippen LogP contribution < -0.4 is 4.90 Å². The number of para-hydroxylation sites is 1. The van der Waals surface area contributed by atoms with Gasteiger partial charge in [0.2, 0.25) is 5.91 Å². The van der Waals surface area contributed by atoms with Gasteiger partial charge in [0.15, 0.2) is 11.0 Å². The molecule has 2 aromatic heterocycles. The van der Waals surface area contributed by atoms with E-state index in [4.69, 9.17) is 0 Å². The number of thioether (sulfide) groups is 1. The first-order valence-corrected chi connectivity index (χ1v) is 14.0. The summed E-state index contributed by atoms with van der Waals surface area (Å²) in [6, 6.07) is 12.7. The van der Waals surface area contributed by atoms with Crippen LogP contribution >= 0.6 is 23.1 Å². The van der Waals surface area contributed by atoms with Gasteiger partial charge in [-0.15, -0.1) is 21.5 Å². The van der Waals surface area contributed by atoms with E-state index in [2.05, 4.69) is 56.9 Å². The fourth-order valence-electron chi connectivity index (χ4n) is 4.98. The number of rotatable bonds is 6. The maximum atomic E-state index is 13.2. The lowest BCUT2D eigenvalue weighted by atomic mass is 9.87. The Morgan fingerprint density at radius 1 is 1.18 bits per heavy atom. The van der Waals surface area contributed by atoms with Crippen LogP contribution in [0.1, 0.15) is 37.1 Å². The van der Waals surface area contributed by atoms with E-state index in [0.29, 0.717) is 0 Å². The Labute approximate surface area is 210 Å². The molecule has 2 atom stereocenters. The second-order valence-electron chi connectivity index (χ2n) is 9.35. The topological polar surface area (TPSA) is 54.3 Å². The summed E-state index contributed by atoms with van der Waals surface area (Å²) in [5.41, 5.74) is 2.72. The Bertz CT molecular complexity index is 1130. The zero-order chi connectivity index (χ0) is 23.7. The van der Waals surface area contributed by atoms with E-state index in [1.807, 2.05) is 36.3 Å². The third kappa shape index (κ3) is 4.75. The molecule has 1 amide bonds. The van der Waals surface area contributed by atoms with E-state index < -0.39 is 0 Å². The maximum Gasteiger partial charge on any atom is 0.236 e. The highest BCUT2D eigenvalue weighted by Gasteiger charge is 2.28. The van der Waals surface area contributed by atoms with Crippen LogP contribution in [0, 0.1) is 5.92 Å². The van der Waals surface area contributed by atoms with Crippen molar-refractivity contribution >= 4 is 34.7 Å².